The predicted molar refractivity (Wildman–Crippen MR) is 68.3 cm³/mol. The van der Waals surface area contributed by atoms with Crippen molar-refractivity contribution in [2.75, 3.05) is 7.11 Å². The van der Waals surface area contributed by atoms with Gasteiger partial charge in [0.25, 0.3) is 0 Å². The van der Waals surface area contributed by atoms with Crippen LogP contribution in [0.1, 0.15) is 24.7 Å². The van der Waals surface area contributed by atoms with Gasteiger partial charge in [-0.3, -0.25) is 0 Å². The van der Waals surface area contributed by atoms with Crippen LogP contribution in [0.15, 0.2) is 12.1 Å². The lowest BCUT2D eigenvalue weighted by atomic mass is 9.88. The van der Waals surface area contributed by atoms with Gasteiger partial charge in [0.1, 0.15) is 17.2 Å². The van der Waals surface area contributed by atoms with E-state index in [-0.39, 0.29) is 23.5 Å². The van der Waals surface area contributed by atoms with Gasteiger partial charge in [-0.05, 0) is 18.9 Å². The maximum atomic E-state index is 13.7. The Balaban J connectivity index is 2.11. The van der Waals surface area contributed by atoms with Crippen molar-refractivity contribution >= 4 is 22.6 Å². The van der Waals surface area contributed by atoms with Gasteiger partial charge in [-0.2, -0.15) is 0 Å². The summed E-state index contributed by atoms with van der Waals surface area (Å²) in [5, 5.41) is 0. The Morgan fingerprint density at radius 2 is 2.16 bits per heavy atom. The molecule has 0 unspecified atom stereocenters. The summed E-state index contributed by atoms with van der Waals surface area (Å²) in [6.07, 6.45) is 1.82. The second-order valence-corrected chi connectivity index (χ2v) is 5.04. The van der Waals surface area contributed by atoms with Crippen molar-refractivity contribution in [3.05, 3.63) is 29.6 Å². The minimum atomic E-state index is -0.650. The van der Waals surface area contributed by atoms with Gasteiger partial charge in [0.2, 0.25) is 0 Å². The Bertz CT molecular complexity index is 623. The zero-order valence-corrected chi connectivity index (χ0v) is 11.1. The van der Waals surface area contributed by atoms with Crippen LogP contribution in [0.2, 0.25) is 0 Å². The van der Waals surface area contributed by atoms with Crippen LogP contribution in [-0.2, 0) is 10.6 Å². The zero-order chi connectivity index (χ0) is 13.6. The standard InChI is InChI=1S/C13H13ClF2N2O/c1-19-9-4-8(5-9)18-11-3-7(15)2-10(16)13(11)17-12(18)6-14/h2-3,8-9H,4-6H2,1H3. The maximum Gasteiger partial charge on any atom is 0.153 e. The van der Waals surface area contributed by atoms with Crippen LogP contribution in [0.3, 0.4) is 0 Å². The molecule has 0 aliphatic heterocycles. The Morgan fingerprint density at radius 3 is 2.79 bits per heavy atom. The van der Waals surface area contributed by atoms with Crippen LogP contribution in [0.25, 0.3) is 11.0 Å². The Morgan fingerprint density at radius 1 is 1.42 bits per heavy atom. The molecular formula is C13H13ClF2N2O. The number of alkyl halides is 1. The van der Waals surface area contributed by atoms with Crippen molar-refractivity contribution < 1.29 is 13.5 Å². The third-order valence-electron chi connectivity index (χ3n) is 3.67. The molecule has 0 spiro atoms. The SMILES string of the molecule is COC1CC(n2c(CCl)nc3c(F)cc(F)cc32)C1. The van der Waals surface area contributed by atoms with E-state index in [1.807, 2.05) is 4.57 Å². The lowest BCUT2D eigenvalue weighted by Gasteiger charge is -2.36. The predicted octanol–water partition coefficient (Wildman–Crippen LogP) is 3.40. The summed E-state index contributed by atoms with van der Waals surface area (Å²) < 4.78 is 34.2. The van der Waals surface area contributed by atoms with Crippen molar-refractivity contribution in [2.45, 2.75) is 30.9 Å². The molecule has 1 aromatic carbocycles. The number of fused-ring (bicyclic) bond motifs is 1. The van der Waals surface area contributed by atoms with Crippen molar-refractivity contribution in [3.8, 4) is 0 Å². The summed E-state index contributed by atoms with van der Waals surface area (Å²) in [5.41, 5.74) is 0.644. The molecule has 0 saturated heterocycles. The van der Waals surface area contributed by atoms with Gasteiger partial charge in [0, 0.05) is 19.2 Å². The van der Waals surface area contributed by atoms with Gasteiger partial charge in [-0.15, -0.1) is 11.6 Å². The van der Waals surface area contributed by atoms with Crippen molar-refractivity contribution in [1.29, 1.82) is 0 Å². The van der Waals surface area contributed by atoms with Crippen molar-refractivity contribution in [3.63, 3.8) is 0 Å². The number of imidazole rings is 1. The highest BCUT2D eigenvalue weighted by Crippen LogP contribution is 2.38. The molecule has 0 bridgehead atoms. The number of halogens is 3. The second kappa shape index (κ2) is 4.72. The molecule has 1 aliphatic rings. The van der Waals surface area contributed by atoms with E-state index in [4.69, 9.17) is 16.3 Å². The zero-order valence-electron chi connectivity index (χ0n) is 10.4. The van der Waals surface area contributed by atoms with Crippen molar-refractivity contribution in [1.82, 2.24) is 9.55 Å². The molecule has 1 saturated carbocycles. The molecule has 2 aromatic rings. The molecular weight excluding hydrogens is 274 g/mol. The van der Waals surface area contributed by atoms with E-state index in [0.717, 1.165) is 18.9 Å². The van der Waals surface area contributed by atoms with Gasteiger partial charge < -0.3 is 9.30 Å². The second-order valence-electron chi connectivity index (χ2n) is 4.77. The van der Waals surface area contributed by atoms with E-state index in [9.17, 15) is 8.78 Å². The first kappa shape index (κ1) is 12.8. The third-order valence-corrected chi connectivity index (χ3v) is 3.91. The highest BCUT2D eigenvalue weighted by atomic mass is 35.5. The third kappa shape index (κ3) is 2.01. The summed E-state index contributed by atoms with van der Waals surface area (Å²) in [7, 11) is 1.66. The summed E-state index contributed by atoms with van der Waals surface area (Å²) >= 11 is 5.86. The van der Waals surface area contributed by atoms with Gasteiger partial charge in [-0.1, -0.05) is 0 Å². The summed E-state index contributed by atoms with van der Waals surface area (Å²) in [5.74, 6) is -0.512. The normalized spacial score (nSPS) is 22.7. The smallest absolute Gasteiger partial charge is 0.153 e. The number of rotatable bonds is 3. The first-order chi connectivity index (χ1) is 9.13. The fourth-order valence-electron chi connectivity index (χ4n) is 2.61. The molecule has 0 amide bonds. The van der Waals surface area contributed by atoms with Crippen LogP contribution in [0, 0.1) is 11.6 Å². The van der Waals surface area contributed by atoms with E-state index in [1.54, 1.807) is 7.11 Å². The highest BCUT2D eigenvalue weighted by Gasteiger charge is 2.33. The van der Waals surface area contributed by atoms with Gasteiger partial charge in [0.15, 0.2) is 5.82 Å². The summed E-state index contributed by atoms with van der Waals surface area (Å²) in [6.45, 7) is 0. The fourth-order valence-corrected chi connectivity index (χ4v) is 2.80. The number of aromatic nitrogens is 2. The van der Waals surface area contributed by atoms with Crippen LogP contribution in [0.5, 0.6) is 0 Å². The van der Waals surface area contributed by atoms with Crippen LogP contribution >= 0.6 is 11.6 Å². The summed E-state index contributed by atoms with van der Waals surface area (Å²) in [6, 6.07) is 2.29. The lowest BCUT2D eigenvalue weighted by molar-refractivity contribution is 0.00674. The van der Waals surface area contributed by atoms with Gasteiger partial charge >= 0.3 is 0 Å². The van der Waals surface area contributed by atoms with Crippen LogP contribution < -0.4 is 0 Å². The number of hydrogen-bond donors (Lipinski definition) is 0. The quantitative estimate of drug-likeness (QED) is 0.809. The largest absolute Gasteiger partial charge is 0.381 e. The van der Waals surface area contributed by atoms with Crippen molar-refractivity contribution in [2.24, 2.45) is 0 Å². The Kier molecular flexibility index (Phi) is 3.19. The fraction of sp³-hybridized carbons (Fsp3) is 0.462. The molecule has 0 radical (unpaired) electrons. The number of ether oxygens (including phenoxy) is 1. The number of methoxy groups -OCH3 is 1. The highest BCUT2D eigenvalue weighted by molar-refractivity contribution is 6.16. The Labute approximate surface area is 114 Å². The first-order valence-electron chi connectivity index (χ1n) is 6.08. The minimum Gasteiger partial charge on any atom is -0.381 e. The molecule has 1 heterocycles. The molecule has 1 aromatic heterocycles. The maximum absolute atomic E-state index is 13.7. The molecule has 19 heavy (non-hydrogen) atoms. The molecule has 3 nitrogen and oxygen atoms in total. The minimum absolute atomic E-state index is 0.143. The van der Waals surface area contributed by atoms with E-state index < -0.39 is 11.6 Å². The molecule has 1 fully saturated rings. The van der Waals surface area contributed by atoms with E-state index in [0.29, 0.717) is 11.3 Å². The topological polar surface area (TPSA) is 27.1 Å². The number of nitrogens with zero attached hydrogens (tertiary/aromatic N) is 2. The first-order valence-corrected chi connectivity index (χ1v) is 6.62. The molecule has 1 aliphatic carbocycles. The van der Waals surface area contributed by atoms with E-state index >= 15 is 0 Å². The Hall–Kier alpha value is -1.20. The molecule has 3 rings (SSSR count). The van der Waals surface area contributed by atoms with Crippen LogP contribution in [0.4, 0.5) is 8.78 Å². The molecule has 0 N–H and O–H groups in total. The van der Waals surface area contributed by atoms with E-state index in [2.05, 4.69) is 4.98 Å². The van der Waals surface area contributed by atoms with Crippen LogP contribution in [-0.4, -0.2) is 22.8 Å². The average Bonchev–Trinajstić information content (AvgIpc) is 2.67. The van der Waals surface area contributed by atoms with E-state index in [1.165, 1.54) is 6.07 Å². The molecule has 6 heteroatoms. The summed E-state index contributed by atoms with van der Waals surface area (Å²) in [4.78, 5) is 4.17. The molecule has 102 valence electrons. The van der Waals surface area contributed by atoms with Gasteiger partial charge in [-0.25, -0.2) is 13.8 Å². The number of hydrogen-bond acceptors (Lipinski definition) is 2. The van der Waals surface area contributed by atoms with Gasteiger partial charge in [0.05, 0.1) is 17.5 Å². The number of benzene rings is 1. The average molecular weight is 287 g/mol. The lowest BCUT2D eigenvalue weighted by Crippen LogP contribution is -2.33. The molecule has 0 atom stereocenters. The monoisotopic (exact) mass is 286 g/mol.